The van der Waals surface area contributed by atoms with E-state index in [2.05, 4.69) is 10.6 Å². The predicted molar refractivity (Wildman–Crippen MR) is 196 cm³/mol. The number of Topliss-reactive ketones (excluding diaryl/α,β-unsaturated/α-hetero) is 6. The smallest absolute Gasteiger partial charge is 0.408 e. The third kappa shape index (κ3) is 9.23. The second-order valence-corrected chi connectivity index (χ2v) is 16.6. The van der Waals surface area contributed by atoms with Gasteiger partial charge in [0, 0.05) is 33.4 Å². The van der Waals surface area contributed by atoms with E-state index in [9.17, 15) is 43.2 Å². The Balaban J connectivity index is 1.57. The molecule has 0 bridgehead atoms. The fraction of sp³-hybridized carbons (Fsp3) is 0.488. The minimum atomic E-state index is -1.73. The van der Waals surface area contributed by atoms with Gasteiger partial charge in [0.05, 0.1) is 12.1 Å². The first-order valence-electron chi connectivity index (χ1n) is 18.0. The Morgan fingerprint density at radius 1 is 0.556 bits per heavy atom. The lowest BCUT2D eigenvalue weighted by Gasteiger charge is -2.25. The minimum absolute atomic E-state index is 0.0310. The van der Waals surface area contributed by atoms with Gasteiger partial charge in [0.1, 0.15) is 23.0 Å². The molecule has 0 heterocycles. The van der Waals surface area contributed by atoms with Gasteiger partial charge < -0.3 is 20.1 Å². The summed E-state index contributed by atoms with van der Waals surface area (Å²) in [6.45, 7) is 17.2. The Hall–Kier alpha value is -5.33. The van der Waals surface area contributed by atoms with E-state index < -0.39 is 87.8 Å². The molecule has 2 aliphatic carbocycles. The molecule has 0 radical (unpaired) electrons. The number of benzene rings is 2. The second-order valence-electron chi connectivity index (χ2n) is 16.6. The standard InChI is InChI=1S/C41H48N2O11/c1-19(2)15-27(42-38(51)53-40(5,6)7)36(49)29-32(45)23-13-11-21(17-25(23)34(29)47)31(44)22-12-14-24-26(18-22)35(48)30(33(24)46)37(50)28(16-20(3)4)43-39(52)54-41(8,9)10/h11-14,17-20,27-30H,15-16H2,1-10H3,(H,42,51)(H,43,52)/t27-,28-,29?,30?/m0/s1. The quantitative estimate of drug-likeness (QED) is 0.193. The first-order chi connectivity index (χ1) is 24.9. The average molecular weight is 745 g/mol. The summed E-state index contributed by atoms with van der Waals surface area (Å²) in [7, 11) is 0. The van der Waals surface area contributed by atoms with Crippen LogP contribution in [-0.2, 0) is 19.1 Å². The SMILES string of the molecule is CC(C)C[C@H](NC(=O)OC(C)(C)C)C(=O)C1C(=O)c2ccc(C(=O)c3ccc4c(c3)C(=O)C(C(=O)[C@H](CC(C)C)NC(=O)OC(C)(C)C)C4=O)cc2C1=O. The van der Waals surface area contributed by atoms with Crippen LogP contribution in [0, 0.1) is 23.7 Å². The minimum Gasteiger partial charge on any atom is -0.444 e. The summed E-state index contributed by atoms with van der Waals surface area (Å²) in [5.74, 6) is -9.04. The molecule has 2 aromatic carbocycles. The van der Waals surface area contributed by atoms with E-state index in [1.807, 2.05) is 27.7 Å². The Morgan fingerprint density at radius 2 is 0.870 bits per heavy atom. The van der Waals surface area contributed by atoms with Crippen molar-refractivity contribution in [3.8, 4) is 0 Å². The van der Waals surface area contributed by atoms with Crippen molar-refractivity contribution in [3.05, 3.63) is 69.8 Å². The number of rotatable bonds is 12. The zero-order valence-corrected chi connectivity index (χ0v) is 32.3. The number of nitrogens with one attached hydrogen (secondary N) is 2. The fourth-order valence-electron chi connectivity index (χ4n) is 6.49. The molecular formula is C41H48N2O11. The van der Waals surface area contributed by atoms with E-state index in [0.717, 1.165) is 0 Å². The molecule has 2 N–H and O–H groups in total. The molecular weight excluding hydrogens is 696 g/mol. The highest BCUT2D eigenvalue weighted by Gasteiger charge is 2.48. The first-order valence-corrected chi connectivity index (χ1v) is 18.0. The zero-order valence-electron chi connectivity index (χ0n) is 32.3. The van der Waals surface area contributed by atoms with Crippen molar-refractivity contribution in [2.45, 2.75) is 105 Å². The molecule has 4 atom stereocenters. The number of hydrogen-bond acceptors (Lipinski definition) is 11. The molecule has 2 unspecified atom stereocenters. The second kappa shape index (κ2) is 15.6. The zero-order chi connectivity index (χ0) is 40.6. The number of alkyl carbamates (subject to hydrolysis) is 2. The van der Waals surface area contributed by atoms with Crippen molar-refractivity contribution in [1.82, 2.24) is 10.6 Å². The number of amides is 2. The van der Waals surface area contributed by atoms with E-state index in [4.69, 9.17) is 9.47 Å². The molecule has 0 aromatic heterocycles. The molecule has 2 aromatic rings. The molecule has 4 rings (SSSR count). The van der Waals surface area contributed by atoms with Crippen molar-refractivity contribution in [3.63, 3.8) is 0 Å². The Bertz CT molecular complexity index is 1810. The Morgan fingerprint density at radius 3 is 1.17 bits per heavy atom. The van der Waals surface area contributed by atoms with Crippen LogP contribution in [-0.4, -0.2) is 76.0 Å². The van der Waals surface area contributed by atoms with Gasteiger partial charge in [-0.2, -0.15) is 0 Å². The van der Waals surface area contributed by atoms with E-state index in [-0.39, 0.29) is 58.1 Å². The fourth-order valence-corrected chi connectivity index (χ4v) is 6.49. The summed E-state index contributed by atoms with van der Waals surface area (Å²) in [6, 6.07) is 5.21. The predicted octanol–water partition coefficient (Wildman–Crippen LogP) is 5.93. The summed E-state index contributed by atoms with van der Waals surface area (Å²) < 4.78 is 10.6. The lowest BCUT2D eigenvalue weighted by Crippen LogP contribution is -2.48. The number of fused-ring (bicyclic) bond motifs is 2. The molecule has 0 saturated carbocycles. The van der Waals surface area contributed by atoms with Crippen molar-refractivity contribution >= 4 is 52.7 Å². The maximum absolute atomic E-state index is 13.7. The van der Waals surface area contributed by atoms with Crippen molar-refractivity contribution in [1.29, 1.82) is 0 Å². The van der Waals surface area contributed by atoms with E-state index in [0.29, 0.717) is 0 Å². The van der Waals surface area contributed by atoms with Crippen LogP contribution in [0.5, 0.6) is 0 Å². The van der Waals surface area contributed by atoms with E-state index >= 15 is 0 Å². The third-order valence-corrected chi connectivity index (χ3v) is 8.73. The topological polar surface area (TPSA) is 196 Å². The van der Waals surface area contributed by atoms with Crippen LogP contribution in [0.25, 0.3) is 0 Å². The van der Waals surface area contributed by atoms with Gasteiger partial charge in [0.15, 0.2) is 40.5 Å². The van der Waals surface area contributed by atoms with Gasteiger partial charge in [-0.15, -0.1) is 0 Å². The van der Waals surface area contributed by atoms with Gasteiger partial charge >= 0.3 is 12.2 Å². The van der Waals surface area contributed by atoms with Gasteiger partial charge in [-0.05, 0) is 90.5 Å². The molecule has 2 aliphatic rings. The highest BCUT2D eigenvalue weighted by molar-refractivity contribution is 6.38. The van der Waals surface area contributed by atoms with E-state index in [1.54, 1.807) is 41.5 Å². The number of ketones is 7. The monoisotopic (exact) mass is 744 g/mol. The number of hydrogen-bond donors (Lipinski definition) is 2. The van der Waals surface area contributed by atoms with Gasteiger partial charge in [-0.25, -0.2) is 9.59 Å². The van der Waals surface area contributed by atoms with Crippen LogP contribution in [0.3, 0.4) is 0 Å². The summed E-state index contributed by atoms with van der Waals surface area (Å²) in [5.41, 5.74) is -2.16. The van der Waals surface area contributed by atoms with Crippen LogP contribution >= 0.6 is 0 Å². The summed E-state index contributed by atoms with van der Waals surface area (Å²) in [5, 5.41) is 5.00. The van der Waals surface area contributed by atoms with Crippen molar-refractivity contribution in [2.24, 2.45) is 23.7 Å². The Labute approximate surface area is 314 Å². The van der Waals surface area contributed by atoms with E-state index in [1.165, 1.54) is 36.4 Å². The van der Waals surface area contributed by atoms with Gasteiger partial charge in [0.2, 0.25) is 0 Å². The van der Waals surface area contributed by atoms with Gasteiger partial charge in [-0.1, -0.05) is 39.8 Å². The summed E-state index contributed by atoms with van der Waals surface area (Å²) in [6.07, 6.45) is -1.47. The van der Waals surface area contributed by atoms with Crippen molar-refractivity contribution in [2.75, 3.05) is 0 Å². The lowest BCUT2D eigenvalue weighted by atomic mass is 9.89. The normalized spacial score (nSPS) is 17.9. The van der Waals surface area contributed by atoms with Gasteiger partial charge in [0.25, 0.3) is 0 Å². The lowest BCUT2D eigenvalue weighted by molar-refractivity contribution is -0.123. The highest BCUT2D eigenvalue weighted by atomic mass is 16.6. The molecule has 13 nitrogen and oxygen atoms in total. The Kier molecular flexibility index (Phi) is 11.9. The maximum atomic E-state index is 13.7. The number of carbonyl (C=O) groups excluding carboxylic acids is 9. The molecule has 13 heteroatoms. The van der Waals surface area contributed by atoms with Crippen LogP contribution in [0.2, 0.25) is 0 Å². The highest BCUT2D eigenvalue weighted by Crippen LogP contribution is 2.33. The number of ether oxygens (including phenoxy) is 2. The first kappa shape index (κ1) is 41.4. The molecule has 0 aliphatic heterocycles. The van der Waals surface area contributed by atoms with Crippen LogP contribution in [0.1, 0.15) is 139 Å². The van der Waals surface area contributed by atoms with Crippen LogP contribution in [0.4, 0.5) is 9.59 Å². The third-order valence-electron chi connectivity index (χ3n) is 8.73. The summed E-state index contributed by atoms with van der Waals surface area (Å²) >= 11 is 0. The van der Waals surface area contributed by atoms with Gasteiger partial charge in [-0.3, -0.25) is 33.6 Å². The van der Waals surface area contributed by atoms with Crippen LogP contribution < -0.4 is 10.6 Å². The molecule has 0 fully saturated rings. The molecule has 54 heavy (non-hydrogen) atoms. The molecule has 2 amide bonds. The average Bonchev–Trinajstić information content (AvgIpc) is 3.43. The number of carbonyl (C=O) groups is 9. The molecule has 0 saturated heterocycles. The largest absolute Gasteiger partial charge is 0.444 e. The molecule has 0 spiro atoms. The van der Waals surface area contributed by atoms with Crippen molar-refractivity contribution < 1.29 is 52.6 Å². The van der Waals surface area contributed by atoms with Crippen LogP contribution in [0.15, 0.2) is 36.4 Å². The molecule has 288 valence electrons. The maximum Gasteiger partial charge on any atom is 0.408 e. The summed E-state index contributed by atoms with van der Waals surface area (Å²) in [4.78, 5) is 120.